The molecule has 9 rings (SSSR count). The van der Waals surface area contributed by atoms with Gasteiger partial charge in [-0.15, -0.1) is 0 Å². The van der Waals surface area contributed by atoms with Crippen molar-refractivity contribution in [3.63, 3.8) is 0 Å². The minimum absolute atomic E-state index is 1.21. The van der Waals surface area contributed by atoms with Gasteiger partial charge in [0.05, 0.1) is 0 Å². The molecule has 0 saturated heterocycles. The molecule has 0 fully saturated rings. The first-order valence-electron chi connectivity index (χ1n) is 15.9. The van der Waals surface area contributed by atoms with E-state index < -0.39 is 0 Å². The van der Waals surface area contributed by atoms with E-state index >= 15 is 0 Å². The fourth-order valence-corrected chi connectivity index (χ4v) is 7.02. The number of allylic oxidation sites excluding steroid dienone is 2. The molecule has 9 aromatic carbocycles. The van der Waals surface area contributed by atoms with Crippen LogP contribution in [0.1, 0.15) is 22.3 Å². The Balaban J connectivity index is 1.06. The van der Waals surface area contributed by atoms with Crippen LogP contribution in [0.3, 0.4) is 0 Å². The second kappa shape index (κ2) is 10.9. The Morgan fingerprint density at radius 1 is 0.283 bits per heavy atom. The molecule has 46 heavy (non-hydrogen) atoms. The molecule has 214 valence electrons. The molecule has 0 bridgehead atoms. The van der Waals surface area contributed by atoms with Crippen LogP contribution >= 0.6 is 0 Å². The van der Waals surface area contributed by atoms with Crippen molar-refractivity contribution >= 4 is 88.9 Å². The SMILES string of the molecule is C(/C=C/c1ccc2ccc3c(/C=C/c4ccc5cc6ccccc6cc5c4)ccc4ccc1c2c43)=C\c1ccc2ccccc2c1. The molecule has 0 aromatic heterocycles. The average Bonchev–Trinajstić information content (AvgIpc) is 3.11. The second-order valence-electron chi connectivity index (χ2n) is 12.2. The van der Waals surface area contributed by atoms with Crippen molar-refractivity contribution in [3.05, 3.63) is 180 Å². The largest absolute Gasteiger partial charge is 0.0617 e. The van der Waals surface area contributed by atoms with E-state index in [0.29, 0.717) is 0 Å². The summed E-state index contributed by atoms with van der Waals surface area (Å²) >= 11 is 0. The fourth-order valence-electron chi connectivity index (χ4n) is 7.02. The van der Waals surface area contributed by atoms with E-state index in [2.05, 4.69) is 182 Å². The van der Waals surface area contributed by atoms with Crippen LogP contribution < -0.4 is 0 Å². The Hall–Kier alpha value is -5.98. The molecule has 0 aliphatic rings. The summed E-state index contributed by atoms with van der Waals surface area (Å²) in [5.74, 6) is 0. The highest BCUT2D eigenvalue weighted by Crippen LogP contribution is 2.38. The Morgan fingerprint density at radius 2 is 0.739 bits per heavy atom. The molecule has 0 unspecified atom stereocenters. The summed E-state index contributed by atoms with van der Waals surface area (Å²) < 4.78 is 0. The second-order valence-corrected chi connectivity index (χ2v) is 12.2. The summed E-state index contributed by atoms with van der Waals surface area (Å²) in [6, 6.07) is 53.1. The molecule has 0 heterocycles. The zero-order valence-corrected chi connectivity index (χ0v) is 25.3. The van der Waals surface area contributed by atoms with Crippen molar-refractivity contribution in [3.8, 4) is 0 Å². The molecule has 0 nitrogen and oxygen atoms in total. The van der Waals surface area contributed by atoms with Gasteiger partial charge in [-0.05, 0) is 111 Å². The molecule has 0 saturated carbocycles. The summed E-state index contributed by atoms with van der Waals surface area (Å²) in [7, 11) is 0. The van der Waals surface area contributed by atoms with Crippen molar-refractivity contribution in [1.82, 2.24) is 0 Å². The van der Waals surface area contributed by atoms with E-state index in [-0.39, 0.29) is 0 Å². The van der Waals surface area contributed by atoms with E-state index in [1.54, 1.807) is 0 Å². The first-order valence-corrected chi connectivity index (χ1v) is 15.9. The molecule has 9 aromatic rings. The number of hydrogen-bond donors (Lipinski definition) is 0. The lowest BCUT2D eigenvalue weighted by Crippen LogP contribution is -1.88. The third kappa shape index (κ3) is 4.64. The Morgan fingerprint density at radius 3 is 1.43 bits per heavy atom. The first-order chi connectivity index (χ1) is 22.8. The molecule has 0 aliphatic heterocycles. The molecular weight excluding hydrogens is 553 g/mol. The molecular formula is C46H30. The van der Waals surface area contributed by atoms with Gasteiger partial charge in [0.2, 0.25) is 0 Å². The third-order valence-electron chi connectivity index (χ3n) is 9.37. The number of fused-ring (bicyclic) bond motifs is 3. The van der Waals surface area contributed by atoms with Crippen LogP contribution in [0.2, 0.25) is 0 Å². The van der Waals surface area contributed by atoms with Gasteiger partial charge in [0.1, 0.15) is 0 Å². The van der Waals surface area contributed by atoms with Gasteiger partial charge in [0, 0.05) is 0 Å². The van der Waals surface area contributed by atoms with Crippen molar-refractivity contribution < 1.29 is 0 Å². The topological polar surface area (TPSA) is 0 Å². The highest BCUT2D eigenvalue weighted by Gasteiger charge is 2.11. The number of benzene rings is 9. The van der Waals surface area contributed by atoms with Crippen molar-refractivity contribution in [1.29, 1.82) is 0 Å². The van der Waals surface area contributed by atoms with Crippen LogP contribution in [0.15, 0.2) is 158 Å². The van der Waals surface area contributed by atoms with Crippen LogP contribution in [0.25, 0.3) is 88.9 Å². The summed E-state index contributed by atoms with van der Waals surface area (Å²) in [6.07, 6.45) is 13.2. The van der Waals surface area contributed by atoms with Gasteiger partial charge in [-0.1, -0.05) is 158 Å². The zero-order chi connectivity index (χ0) is 30.5. The standard InChI is InChI=1S/C46H30/c1(7-31-13-16-33-8-3-4-10-38(33)27-31)2-9-34-19-21-36-24-26-44-35(20-22-37-23-25-43(34)45(36)46(37)44)17-14-32-15-18-41-29-39-11-5-6-12-40(39)30-42(41)28-32/h1-30H/b7-1+,9-2+,17-14+. The smallest absolute Gasteiger partial charge is 0.00206 e. The Labute approximate surface area is 268 Å². The van der Waals surface area contributed by atoms with Gasteiger partial charge < -0.3 is 0 Å². The predicted molar refractivity (Wildman–Crippen MR) is 203 cm³/mol. The highest BCUT2D eigenvalue weighted by atomic mass is 14.1. The molecule has 0 atom stereocenters. The quantitative estimate of drug-likeness (QED) is 0.0819. The molecule has 0 amide bonds. The number of hydrogen-bond acceptors (Lipinski definition) is 0. The zero-order valence-electron chi connectivity index (χ0n) is 25.3. The summed E-state index contributed by atoms with van der Waals surface area (Å²) in [4.78, 5) is 0. The monoisotopic (exact) mass is 582 g/mol. The van der Waals surface area contributed by atoms with Crippen LogP contribution in [-0.4, -0.2) is 0 Å². The van der Waals surface area contributed by atoms with E-state index in [0.717, 1.165) is 0 Å². The van der Waals surface area contributed by atoms with Gasteiger partial charge >= 0.3 is 0 Å². The van der Waals surface area contributed by atoms with E-state index in [1.165, 1.54) is 86.9 Å². The predicted octanol–water partition coefficient (Wildman–Crippen LogP) is 12.9. The van der Waals surface area contributed by atoms with Crippen molar-refractivity contribution in [2.45, 2.75) is 0 Å². The summed E-state index contributed by atoms with van der Waals surface area (Å²) in [6.45, 7) is 0. The van der Waals surface area contributed by atoms with Gasteiger partial charge in [-0.25, -0.2) is 0 Å². The van der Waals surface area contributed by atoms with Gasteiger partial charge in [0.15, 0.2) is 0 Å². The average molecular weight is 583 g/mol. The van der Waals surface area contributed by atoms with Crippen molar-refractivity contribution in [2.24, 2.45) is 0 Å². The highest BCUT2D eigenvalue weighted by molar-refractivity contribution is 6.25. The third-order valence-corrected chi connectivity index (χ3v) is 9.37. The normalized spacial score (nSPS) is 12.5. The number of rotatable bonds is 5. The molecule has 0 spiro atoms. The minimum Gasteiger partial charge on any atom is -0.0617 e. The van der Waals surface area contributed by atoms with Crippen LogP contribution in [0.4, 0.5) is 0 Å². The Kier molecular flexibility index (Phi) is 6.25. The molecule has 0 heteroatoms. The maximum Gasteiger partial charge on any atom is -0.00206 e. The maximum atomic E-state index is 2.30. The fraction of sp³-hybridized carbons (Fsp3) is 0. The van der Waals surface area contributed by atoms with Gasteiger partial charge in [0.25, 0.3) is 0 Å². The van der Waals surface area contributed by atoms with Crippen LogP contribution in [0.5, 0.6) is 0 Å². The van der Waals surface area contributed by atoms with Crippen molar-refractivity contribution in [2.75, 3.05) is 0 Å². The summed E-state index contributed by atoms with van der Waals surface area (Å²) in [5.41, 5.74) is 4.88. The Bertz CT molecular complexity index is 2680. The minimum atomic E-state index is 1.21. The van der Waals surface area contributed by atoms with E-state index in [1.807, 2.05) is 0 Å². The lowest BCUT2D eigenvalue weighted by molar-refractivity contribution is 1.70. The lowest BCUT2D eigenvalue weighted by atomic mass is 9.90. The molecule has 0 N–H and O–H groups in total. The van der Waals surface area contributed by atoms with Gasteiger partial charge in [-0.3, -0.25) is 0 Å². The molecule has 0 aliphatic carbocycles. The van der Waals surface area contributed by atoms with Gasteiger partial charge in [-0.2, -0.15) is 0 Å². The van der Waals surface area contributed by atoms with Crippen LogP contribution in [0, 0.1) is 0 Å². The maximum absolute atomic E-state index is 2.30. The summed E-state index contributed by atoms with van der Waals surface area (Å²) in [5, 5.41) is 15.4. The van der Waals surface area contributed by atoms with Crippen LogP contribution in [-0.2, 0) is 0 Å². The lowest BCUT2D eigenvalue weighted by Gasteiger charge is -2.14. The van der Waals surface area contributed by atoms with E-state index in [9.17, 15) is 0 Å². The molecule has 0 radical (unpaired) electrons. The van der Waals surface area contributed by atoms with E-state index in [4.69, 9.17) is 0 Å². The first kappa shape index (κ1) is 26.4.